The largest absolute Gasteiger partial charge is 0.459 e. The molecular formula is C18H25N3O5. The smallest absolute Gasteiger partial charge is 0.409 e. The second-order valence-corrected chi connectivity index (χ2v) is 6.60. The first-order chi connectivity index (χ1) is 12.6. The highest BCUT2D eigenvalue weighted by atomic mass is 16.6. The Morgan fingerprint density at radius 1 is 1.23 bits per heavy atom. The molecular weight excluding hydrogens is 338 g/mol. The molecule has 0 radical (unpaired) electrons. The summed E-state index contributed by atoms with van der Waals surface area (Å²) in [4.78, 5) is 40.1. The molecule has 0 aliphatic carbocycles. The van der Waals surface area contributed by atoms with Gasteiger partial charge in [0.15, 0.2) is 5.76 Å². The van der Waals surface area contributed by atoms with Crippen LogP contribution in [0.5, 0.6) is 0 Å². The molecule has 1 aromatic heterocycles. The molecule has 2 fully saturated rings. The van der Waals surface area contributed by atoms with E-state index < -0.39 is 6.04 Å². The normalized spacial score (nSPS) is 20.9. The van der Waals surface area contributed by atoms with Crippen LogP contribution < -0.4 is 5.32 Å². The molecule has 2 aliphatic rings. The van der Waals surface area contributed by atoms with E-state index in [4.69, 9.17) is 9.15 Å². The van der Waals surface area contributed by atoms with Crippen LogP contribution in [-0.4, -0.2) is 66.0 Å². The van der Waals surface area contributed by atoms with Crippen molar-refractivity contribution < 1.29 is 23.5 Å². The van der Waals surface area contributed by atoms with Gasteiger partial charge in [0.05, 0.1) is 12.9 Å². The van der Waals surface area contributed by atoms with Crippen molar-refractivity contribution in [2.75, 3.05) is 26.2 Å². The molecule has 8 nitrogen and oxygen atoms in total. The van der Waals surface area contributed by atoms with Crippen LogP contribution in [0.2, 0.25) is 0 Å². The molecule has 1 N–H and O–H groups in total. The average Bonchev–Trinajstić information content (AvgIpc) is 3.34. The summed E-state index contributed by atoms with van der Waals surface area (Å²) in [6, 6.07) is 2.82. The summed E-state index contributed by atoms with van der Waals surface area (Å²) < 4.78 is 10.2. The monoisotopic (exact) mass is 363 g/mol. The number of nitrogens with zero attached hydrogens (tertiary/aromatic N) is 2. The second-order valence-electron chi connectivity index (χ2n) is 6.60. The fourth-order valence-corrected chi connectivity index (χ4v) is 3.54. The van der Waals surface area contributed by atoms with Crippen LogP contribution in [0.3, 0.4) is 0 Å². The molecule has 1 aromatic rings. The van der Waals surface area contributed by atoms with Crippen molar-refractivity contribution in [3.8, 4) is 0 Å². The molecule has 8 heteroatoms. The highest BCUT2D eigenvalue weighted by Gasteiger charge is 2.36. The molecule has 26 heavy (non-hydrogen) atoms. The van der Waals surface area contributed by atoms with E-state index in [2.05, 4.69) is 5.32 Å². The predicted molar refractivity (Wildman–Crippen MR) is 92.5 cm³/mol. The van der Waals surface area contributed by atoms with Gasteiger partial charge in [-0.25, -0.2) is 4.79 Å². The molecule has 0 spiro atoms. The van der Waals surface area contributed by atoms with Crippen LogP contribution in [0.15, 0.2) is 22.8 Å². The Balaban J connectivity index is 1.52. The Hall–Kier alpha value is -2.51. The van der Waals surface area contributed by atoms with E-state index in [1.807, 2.05) is 0 Å². The Bertz CT molecular complexity index is 637. The van der Waals surface area contributed by atoms with Gasteiger partial charge in [-0.2, -0.15) is 0 Å². The van der Waals surface area contributed by atoms with Gasteiger partial charge in [0.25, 0.3) is 5.91 Å². The van der Waals surface area contributed by atoms with Gasteiger partial charge < -0.3 is 24.3 Å². The summed E-state index contributed by atoms with van der Waals surface area (Å²) in [6.07, 6.45) is 3.97. The fraction of sp³-hybridized carbons (Fsp3) is 0.611. The maximum Gasteiger partial charge on any atom is 0.409 e. The number of hydrogen-bond acceptors (Lipinski definition) is 5. The molecule has 142 valence electrons. The number of nitrogens with one attached hydrogen (secondary N) is 1. The fourth-order valence-electron chi connectivity index (χ4n) is 3.54. The molecule has 1 atom stereocenters. The van der Waals surface area contributed by atoms with Gasteiger partial charge in [-0.05, 0) is 44.7 Å². The van der Waals surface area contributed by atoms with Crippen molar-refractivity contribution in [1.82, 2.24) is 15.1 Å². The number of ether oxygens (including phenoxy) is 1. The third-order valence-electron chi connectivity index (χ3n) is 4.92. The number of rotatable bonds is 4. The van der Waals surface area contributed by atoms with Crippen molar-refractivity contribution in [1.29, 1.82) is 0 Å². The van der Waals surface area contributed by atoms with Gasteiger partial charge in [-0.3, -0.25) is 9.59 Å². The molecule has 0 unspecified atom stereocenters. The highest BCUT2D eigenvalue weighted by Crippen LogP contribution is 2.21. The number of carbonyl (C=O) groups is 3. The number of furan rings is 1. The Labute approximate surface area is 152 Å². The minimum absolute atomic E-state index is 0.00865. The van der Waals surface area contributed by atoms with Crippen LogP contribution >= 0.6 is 0 Å². The summed E-state index contributed by atoms with van der Waals surface area (Å²) in [6.45, 7) is 3.81. The van der Waals surface area contributed by atoms with Crippen molar-refractivity contribution in [2.24, 2.45) is 0 Å². The second kappa shape index (κ2) is 8.25. The minimum atomic E-state index is -0.462. The number of piperidine rings is 1. The van der Waals surface area contributed by atoms with E-state index in [1.165, 1.54) is 6.26 Å². The summed E-state index contributed by atoms with van der Waals surface area (Å²) in [5.41, 5.74) is 0. The van der Waals surface area contributed by atoms with E-state index in [0.29, 0.717) is 45.5 Å². The van der Waals surface area contributed by atoms with Crippen LogP contribution in [0.25, 0.3) is 0 Å². The molecule has 2 aliphatic heterocycles. The van der Waals surface area contributed by atoms with E-state index in [9.17, 15) is 14.4 Å². The highest BCUT2D eigenvalue weighted by molar-refractivity contribution is 5.96. The zero-order chi connectivity index (χ0) is 18.5. The number of amides is 3. The first-order valence-corrected chi connectivity index (χ1v) is 9.16. The lowest BCUT2D eigenvalue weighted by Crippen LogP contribution is -2.52. The van der Waals surface area contributed by atoms with Gasteiger partial charge in [-0.1, -0.05) is 0 Å². The molecule has 3 amide bonds. The number of hydrogen-bond donors (Lipinski definition) is 1. The molecule has 3 heterocycles. The topological polar surface area (TPSA) is 92.1 Å². The third kappa shape index (κ3) is 4.00. The van der Waals surface area contributed by atoms with Gasteiger partial charge in [0.1, 0.15) is 6.04 Å². The Morgan fingerprint density at radius 2 is 2.00 bits per heavy atom. The lowest BCUT2D eigenvalue weighted by molar-refractivity contribution is -0.125. The van der Waals surface area contributed by atoms with Crippen molar-refractivity contribution in [2.45, 2.75) is 44.7 Å². The molecule has 0 saturated carbocycles. The van der Waals surface area contributed by atoms with E-state index in [-0.39, 0.29) is 29.7 Å². The summed E-state index contributed by atoms with van der Waals surface area (Å²) in [5.74, 6) is -0.116. The zero-order valence-electron chi connectivity index (χ0n) is 15.0. The Kier molecular flexibility index (Phi) is 5.80. The standard InChI is InChI=1S/C18H25N3O5/c1-2-25-18(24)20-10-7-13(8-11-20)19-16(22)14-5-3-9-21(14)17(23)15-6-4-12-26-15/h4,6,12-14H,2-3,5,7-11H2,1H3,(H,19,22)/t14-/m1/s1. The molecule has 3 rings (SSSR count). The average molecular weight is 363 g/mol. The van der Waals surface area contributed by atoms with Crippen LogP contribution in [0, 0.1) is 0 Å². The van der Waals surface area contributed by atoms with Gasteiger partial charge in [0, 0.05) is 25.7 Å². The van der Waals surface area contributed by atoms with E-state index in [1.54, 1.807) is 28.9 Å². The summed E-state index contributed by atoms with van der Waals surface area (Å²) >= 11 is 0. The zero-order valence-corrected chi connectivity index (χ0v) is 15.0. The third-order valence-corrected chi connectivity index (χ3v) is 4.92. The Morgan fingerprint density at radius 3 is 2.65 bits per heavy atom. The van der Waals surface area contributed by atoms with Crippen LogP contribution in [0.1, 0.15) is 43.2 Å². The predicted octanol–water partition coefficient (Wildman–Crippen LogP) is 1.62. The van der Waals surface area contributed by atoms with E-state index >= 15 is 0 Å². The quantitative estimate of drug-likeness (QED) is 0.878. The van der Waals surface area contributed by atoms with Crippen LogP contribution in [-0.2, 0) is 9.53 Å². The van der Waals surface area contributed by atoms with Gasteiger partial charge in [0.2, 0.25) is 5.91 Å². The maximum absolute atomic E-state index is 12.7. The summed E-state index contributed by atoms with van der Waals surface area (Å²) in [7, 11) is 0. The van der Waals surface area contributed by atoms with Gasteiger partial charge >= 0.3 is 6.09 Å². The molecule has 0 aromatic carbocycles. The minimum Gasteiger partial charge on any atom is -0.459 e. The van der Waals surface area contributed by atoms with Gasteiger partial charge in [-0.15, -0.1) is 0 Å². The molecule has 2 saturated heterocycles. The summed E-state index contributed by atoms with van der Waals surface area (Å²) in [5, 5.41) is 3.04. The van der Waals surface area contributed by atoms with Crippen molar-refractivity contribution in [3.05, 3.63) is 24.2 Å². The number of likely N-dealkylation sites (tertiary alicyclic amines) is 2. The lowest BCUT2D eigenvalue weighted by atomic mass is 10.0. The van der Waals surface area contributed by atoms with E-state index in [0.717, 1.165) is 6.42 Å². The SMILES string of the molecule is CCOC(=O)N1CCC(NC(=O)[C@H]2CCCN2C(=O)c2ccco2)CC1. The maximum atomic E-state index is 12.7. The first-order valence-electron chi connectivity index (χ1n) is 9.16. The van der Waals surface area contributed by atoms with Crippen molar-refractivity contribution in [3.63, 3.8) is 0 Å². The van der Waals surface area contributed by atoms with Crippen molar-refractivity contribution >= 4 is 17.9 Å². The molecule has 0 bridgehead atoms. The number of carbonyl (C=O) groups excluding carboxylic acids is 3. The lowest BCUT2D eigenvalue weighted by Gasteiger charge is -2.33. The first kappa shape index (κ1) is 18.3. The van der Waals surface area contributed by atoms with Crippen LogP contribution in [0.4, 0.5) is 4.79 Å².